The van der Waals surface area contributed by atoms with Crippen LogP contribution in [0.5, 0.6) is 0 Å². The van der Waals surface area contributed by atoms with Crippen molar-refractivity contribution in [2.45, 2.75) is 46.2 Å². The fourth-order valence-corrected chi connectivity index (χ4v) is 4.00. The predicted octanol–water partition coefficient (Wildman–Crippen LogP) is 4.26. The van der Waals surface area contributed by atoms with E-state index in [-0.39, 0.29) is 17.2 Å². The molecule has 3 heterocycles. The van der Waals surface area contributed by atoms with Gasteiger partial charge in [0.2, 0.25) is 0 Å². The van der Waals surface area contributed by atoms with E-state index in [1.807, 2.05) is 29.8 Å². The monoisotopic (exact) mass is 517 g/mol. The molecule has 0 spiro atoms. The quantitative estimate of drug-likeness (QED) is 0.496. The van der Waals surface area contributed by atoms with Crippen LogP contribution in [0.2, 0.25) is 0 Å². The van der Waals surface area contributed by atoms with Gasteiger partial charge in [0.15, 0.2) is 5.82 Å². The number of imidazole rings is 1. The Labute approximate surface area is 188 Å². The summed E-state index contributed by atoms with van der Waals surface area (Å²) in [6, 6.07) is 7.29. The summed E-state index contributed by atoms with van der Waals surface area (Å²) in [5.74, 6) is 1.22. The number of pyridine rings is 2. The van der Waals surface area contributed by atoms with Crippen molar-refractivity contribution >= 4 is 34.3 Å². The largest absolute Gasteiger partial charge is 0.327 e. The van der Waals surface area contributed by atoms with Gasteiger partial charge in [-0.15, -0.1) is 0 Å². The number of nitrogens with zero attached hydrogens (tertiary/aromatic N) is 4. The highest BCUT2D eigenvalue weighted by Crippen LogP contribution is 2.31. The lowest BCUT2D eigenvalue weighted by Crippen LogP contribution is -2.32. The molecule has 0 atom stereocenters. The van der Waals surface area contributed by atoms with E-state index in [9.17, 15) is 9.59 Å². The third kappa shape index (κ3) is 4.19. The predicted molar refractivity (Wildman–Crippen MR) is 125 cm³/mol. The van der Waals surface area contributed by atoms with E-state index in [1.165, 1.54) is 0 Å². The van der Waals surface area contributed by atoms with Gasteiger partial charge in [0, 0.05) is 34.2 Å². The van der Waals surface area contributed by atoms with Crippen molar-refractivity contribution in [2.75, 3.05) is 5.32 Å². The van der Waals surface area contributed by atoms with Gasteiger partial charge < -0.3 is 14.5 Å². The van der Waals surface area contributed by atoms with Gasteiger partial charge in [-0.1, -0.05) is 6.07 Å². The Morgan fingerprint density at radius 2 is 2.10 bits per heavy atom. The number of anilines is 1. The molecule has 0 saturated heterocycles. The molecule has 7 nitrogen and oxygen atoms in total. The number of aromatic nitrogens is 4. The van der Waals surface area contributed by atoms with Crippen LogP contribution in [0, 0.1) is 16.4 Å². The highest BCUT2D eigenvalue weighted by molar-refractivity contribution is 14.1. The summed E-state index contributed by atoms with van der Waals surface area (Å²) in [4.78, 5) is 34.9. The summed E-state index contributed by atoms with van der Waals surface area (Å²) < 4.78 is 4.66. The van der Waals surface area contributed by atoms with E-state index in [4.69, 9.17) is 0 Å². The number of amides is 1. The highest BCUT2D eigenvalue weighted by Gasteiger charge is 2.25. The average Bonchev–Trinajstić information content (AvgIpc) is 3.39. The zero-order valence-electron chi connectivity index (χ0n) is 17.2. The van der Waals surface area contributed by atoms with Gasteiger partial charge in [-0.2, -0.15) is 0 Å². The fourth-order valence-electron chi connectivity index (χ4n) is 3.40. The Morgan fingerprint density at radius 1 is 1.33 bits per heavy atom. The maximum atomic E-state index is 13.0. The van der Waals surface area contributed by atoms with Gasteiger partial charge in [0.1, 0.15) is 17.1 Å². The molecule has 1 N–H and O–H groups in total. The zero-order chi connectivity index (χ0) is 21.4. The smallest absolute Gasteiger partial charge is 0.263 e. The lowest BCUT2D eigenvalue weighted by molar-refractivity contribution is 0.102. The summed E-state index contributed by atoms with van der Waals surface area (Å²) in [6.45, 7) is 6.74. The Morgan fingerprint density at radius 3 is 2.80 bits per heavy atom. The highest BCUT2D eigenvalue weighted by atomic mass is 127. The number of carbonyl (C=O) groups excluding carboxylic acids is 1. The summed E-state index contributed by atoms with van der Waals surface area (Å²) in [6.07, 6.45) is 5.92. The van der Waals surface area contributed by atoms with Crippen LogP contribution < -0.4 is 10.9 Å². The molecule has 0 aromatic carbocycles. The van der Waals surface area contributed by atoms with Gasteiger partial charge >= 0.3 is 0 Å². The standard InChI is InChI=1S/C22H24IN5O2/c1-13(2)27-10-9-24-20(27)18-5-4-6-19(25-18)26-21(29)16-11-17(23)14(3)28(22(16)30)12-15-7-8-15/h4-6,9-11,13,15H,7-8,12H2,1-3H3,(H,25,26,29). The molecule has 0 aliphatic heterocycles. The number of hydrogen-bond acceptors (Lipinski definition) is 4. The van der Waals surface area contributed by atoms with E-state index >= 15 is 0 Å². The van der Waals surface area contributed by atoms with Crippen LogP contribution >= 0.6 is 22.6 Å². The van der Waals surface area contributed by atoms with E-state index in [0.717, 1.165) is 27.9 Å². The van der Waals surface area contributed by atoms with Crippen molar-refractivity contribution in [1.82, 2.24) is 19.1 Å². The van der Waals surface area contributed by atoms with Crippen molar-refractivity contribution in [3.05, 3.63) is 61.8 Å². The van der Waals surface area contributed by atoms with Crippen molar-refractivity contribution in [2.24, 2.45) is 5.92 Å². The summed E-state index contributed by atoms with van der Waals surface area (Å²) >= 11 is 2.18. The molecule has 30 heavy (non-hydrogen) atoms. The zero-order valence-corrected chi connectivity index (χ0v) is 19.4. The van der Waals surface area contributed by atoms with Gasteiger partial charge in [0.05, 0.1) is 0 Å². The number of rotatable bonds is 6. The number of carbonyl (C=O) groups is 1. The van der Waals surface area contributed by atoms with Crippen molar-refractivity contribution in [1.29, 1.82) is 0 Å². The molecule has 156 valence electrons. The van der Waals surface area contributed by atoms with E-state index in [2.05, 4.69) is 51.7 Å². The second-order valence-corrected chi connectivity index (χ2v) is 9.13. The minimum absolute atomic E-state index is 0.140. The fraction of sp³-hybridized carbons (Fsp3) is 0.364. The number of halogens is 1. The lowest BCUT2D eigenvalue weighted by atomic mass is 10.2. The van der Waals surface area contributed by atoms with Crippen molar-refractivity contribution in [3.8, 4) is 11.5 Å². The molecule has 1 amide bonds. The molecule has 0 bridgehead atoms. The van der Waals surface area contributed by atoms with Crippen LogP contribution in [0.15, 0.2) is 41.5 Å². The van der Waals surface area contributed by atoms with E-state index < -0.39 is 5.91 Å². The van der Waals surface area contributed by atoms with Crippen LogP contribution in [-0.2, 0) is 6.54 Å². The molecule has 1 saturated carbocycles. The maximum absolute atomic E-state index is 13.0. The number of nitrogens with one attached hydrogen (secondary N) is 1. The normalized spacial score (nSPS) is 13.6. The van der Waals surface area contributed by atoms with Crippen LogP contribution in [0.1, 0.15) is 48.8 Å². The molecule has 1 aliphatic rings. The minimum atomic E-state index is -0.445. The topological polar surface area (TPSA) is 81.8 Å². The van der Waals surface area contributed by atoms with Crippen LogP contribution in [0.3, 0.4) is 0 Å². The van der Waals surface area contributed by atoms with Crippen molar-refractivity contribution in [3.63, 3.8) is 0 Å². The average molecular weight is 517 g/mol. The van der Waals surface area contributed by atoms with Crippen LogP contribution in [0.25, 0.3) is 11.5 Å². The Bertz CT molecular complexity index is 1160. The van der Waals surface area contributed by atoms with Crippen LogP contribution in [-0.4, -0.2) is 25.0 Å². The van der Waals surface area contributed by atoms with E-state index in [0.29, 0.717) is 24.0 Å². The summed E-state index contributed by atoms with van der Waals surface area (Å²) in [5.41, 5.74) is 1.46. The first-order valence-corrected chi connectivity index (χ1v) is 11.1. The molecule has 0 radical (unpaired) electrons. The second kappa shape index (κ2) is 8.33. The summed E-state index contributed by atoms with van der Waals surface area (Å²) in [5, 5.41) is 2.79. The molecule has 3 aromatic rings. The molecular formula is C22H24IN5O2. The third-order valence-electron chi connectivity index (χ3n) is 5.32. The third-order valence-corrected chi connectivity index (χ3v) is 6.42. The molecule has 0 unspecified atom stereocenters. The molecule has 1 aliphatic carbocycles. The molecule has 8 heteroatoms. The second-order valence-electron chi connectivity index (χ2n) is 7.96. The Hall–Kier alpha value is -2.49. The van der Waals surface area contributed by atoms with Crippen molar-refractivity contribution < 1.29 is 4.79 Å². The van der Waals surface area contributed by atoms with Gasteiger partial charge in [0.25, 0.3) is 11.5 Å². The first kappa shape index (κ1) is 20.8. The molecule has 4 rings (SSSR count). The minimum Gasteiger partial charge on any atom is -0.327 e. The molecule has 3 aromatic heterocycles. The van der Waals surface area contributed by atoms with Gasteiger partial charge in [-0.25, -0.2) is 9.97 Å². The SMILES string of the molecule is Cc1c(I)cc(C(=O)Nc2cccc(-c3nccn3C(C)C)n2)c(=O)n1CC1CC1. The lowest BCUT2D eigenvalue weighted by Gasteiger charge is -2.14. The first-order chi connectivity index (χ1) is 14.3. The maximum Gasteiger partial charge on any atom is 0.263 e. The first-order valence-electron chi connectivity index (χ1n) is 10.1. The van der Waals surface area contributed by atoms with E-state index in [1.54, 1.807) is 22.9 Å². The summed E-state index contributed by atoms with van der Waals surface area (Å²) in [7, 11) is 0. The molecular weight excluding hydrogens is 493 g/mol. The van der Waals surface area contributed by atoms with Crippen LogP contribution in [0.4, 0.5) is 5.82 Å². The number of hydrogen-bond donors (Lipinski definition) is 1. The van der Waals surface area contributed by atoms with Gasteiger partial charge in [-0.05, 0) is 80.3 Å². The van der Waals surface area contributed by atoms with Gasteiger partial charge in [-0.3, -0.25) is 9.59 Å². The molecule has 1 fully saturated rings. The Kier molecular flexibility index (Phi) is 5.77. The Balaban J connectivity index is 1.63.